The molecule has 2 heterocycles. The zero-order valence-electron chi connectivity index (χ0n) is 15.0. The number of aromatic amines is 1. The van der Waals surface area contributed by atoms with Gasteiger partial charge < -0.3 is 11.1 Å². The highest BCUT2D eigenvalue weighted by Crippen LogP contribution is 2.19. The summed E-state index contributed by atoms with van der Waals surface area (Å²) in [6.07, 6.45) is 3.88. The number of carbonyl (C=O) groups excluding carboxylic acids is 3. The minimum absolute atomic E-state index is 0.0840. The smallest absolute Gasteiger partial charge is 0.287 e. The van der Waals surface area contributed by atoms with Gasteiger partial charge in [-0.05, 0) is 30.5 Å². The maximum Gasteiger partial charge on any atom is 0.287 e. The number of amides is 2. The minimum atomic E-state index is -1.09. The van der Waals surface area contributed by atoms with Crippen LogP contribution in [-0.4, -0.2) is 38.8 Å². The van der Waals surface area contributed by atoms with Crippen LogP contribution in [0.2, 0.25) is 0 Å². The number of nitrogens with one attached hydrogen (secondary N) is 2. The molecule has 2 amide bonds. The van der Waals surface area contributed by atoms with Crippen molar-refractivity contribution in [3.8, 4) is 11.3 Å². The van der Waals surface area contributed by atoms with Gasteiger partial charge in [0, 0.05) is 12.4 Å². The number of hydrogen-bond donors (Lipinski definition) is 3. The predicted octanol–water partition coefficient (Wildman–Crippen LogP) is 1.26. The Bertz CT molecular complexity index is 970. The van der Waals surface area contributed by atoms with Gasteiger partial charge >= 0.3 is 0 Å². The van der Waals surface area contributed by atoms with Crippen molar-refractivity contribution in [3.63, 3.8) is 0 Å². The van der Waals surface area contributed by atoms with Gasteiger partial charge in [0.05, 0.1) is 17.3 Å². The molecule has 0 spiro atoms. The number of H-pyrrole nitrogens is 1. The molecule has 0 fully saturated rings. The highest BCUT2D eigenvalue weighted by Gasteiger charge is 2.27. The summed E-state index contributed by atoms with van der Waals surface area (Å²) in [7, 11) is 0. The summed E-state index contributed by atoms with van der Waals surface area (Å²) in [6.45, 7) is 0. The second kappa shape index (κ2) is 8.72. The van der Waals surface area contributed by atoms with Crippen molar-refractivity contribution in [2.75, 3.05) is 0 Å². The monoisotopic (exact) mass is 377 g/mol. The number of hydrogen-bond acceptors (Lipinski definition) is 5. The van der Waals surface area contributed by atoms with Crippen LogP contribution in [0.15, 0.2) is 60.9 Å². The lowest BCUT2D eigenvalue weighted by Crippen LogP contribution is -2.46. The van der Waals surface area contributed by atoms with Gasteiger partial charge in [-0.25, -0.2) is 0 Å². The summed E-state index contributed by atoms with van der Waals surface area (Å²) in [5, 5.41) is 9.18. The van der Waals surface area contributed by atoms with Gasteiger partial charge in [-0.15, -0.1) is 0 Å². The zero-order chi connectivity index (χ0) is 19.9. The van der Waals surface area contributed by atoms with Gasteiger partial charge in [-0.3, -0.25) is 24.5 Å². The van der Waals surface area contributed by atoms with E-state index >= 15 is 0 Å². The number of pyridine rings is 1. The molecule has 28 heavy (non-hydrogen) atoms. The first kappa shape index (κ1) is 19.0. The molecule has 0 saturated carbocycles. The van der Waals surface area contributed by atoms with E-state index in [1.807, 2.05) is 30.3 Å². The van der Waals surface area contributed by atoms with Crippen molar-refractivity contribution in [2.24, 2.45) is 5.73 Å². The van der Waals surface area contributed by atoms with Gasteiger partial charge in [0.25, 0.3) is 11.8 Å². The first-order chi connectivity index (χ1) is 13.6. The standard InChI is InChI=1S/C20H19N5O3/c21-19(27)18(26)16(10-9-13-6-2-1-3-7-13)24-20(28)17-14(12-23-25-17)15-8-4-5-11-22-15/h1-8,11-12,16H,9-10H2,(H2,21,27)(H,23,25)(H,24,28). The Morgan fingerprint density at radius 1 is 1.07 bits per heavy atom. The lowest BCUT2D eigenvalue weighted by Gasteiger charge is -2.16. The average molecular weight is 377 g/mol. The number of aryl methyl sites for hydroxylation is 1. The fourth-order valence-electron chi connectivity index (χ4n) is 2.80. The van der Waals surface area contributed by atoms with Crippen molar-refractivity contribution in [1.29, 1.82) is 0 Å². The number of Topliss-reactive ketones (excluding diaryl/α,β-unsaturated/α-hetero) is 1. The molecule has 142 valence electrons. The maximum atomic E-state index is 12.7. The van der Waals surface area contributed by atoms with E-state index in [0.717, 1.165) is 5.56 Å². The molecule has 0 bridgehead atoms. The quantitative estimate of drug-likeness (QED) is 0.509. The van der Waals surface area contributed by atoms with Crippen LogP contribution >= 0.6 is 0 Å². The van der Waals surface area contributed by atoms with E-state index in [4.69, 9.17) is 5.73 Å². The molecular formula is C20H19N5O3. The van der Waals surface area contributed by atoms with Crippen molar-refractivity contribution in [3.05, 3.63) is 72.2 Å². The summed E-state index contributed by atoms with van der Waals surface area (Å²) in [5.74, 6) is -2.53. The third-order valence-corrected chi connectivity index (χ3v) is 4.23. The first-order valence-electron chi connectivity index (χ1n) is 8.70. The van der Waals surface area contributed by atoms with E-state index < -0.39 is 23.6 Å². The molecule has 0 aliphatic rings. The third-order valence-electron chi connectivity index (χ3n) is 4.23. The van der Waals surface area contributed by atoms with Crippen LogP contribution < -0.4 is 11.1 Å². The predicted molar refractivity (Wildman–Crippen MR) is 102 cm³/mol. The Hall–Kier alpha value is -3.81. The molecule has 1 atom stereocenters. The number of rotatable bonds is 8. The largest absolute Gasteiger partial charge is 0.363 e. The fraction of sp³-hybridized carbons (Fsp3) is 0.150. The van der Waals surface area contributed by atoms with Crippen LogP contribution in [0.25, 0.3) is 11.3 Å². The van der Waals surface area contributed by atoms with Gasteiger partial charge in [0.2, 0.25) is 5.78 Å². The molecule has 0 aliphatic carbocycles. The van der Waals surface area contributed by atoms with Crippen LogP contribution in [0.3, 0.4) is 0 Å². The fourth-order valence-corrected chi connectivity index (χ4v) is 2.80. The van der Waals surface area contributed by atoms with E-state index in [1.54, 1.807) is 30.6 Å². The number of nitrogens with two attached hydrogens (primary N) is 1. The average Bonchev–Trinajstić information content (AvgIpc) is 3.22. The Labute approximate surface area is 161 Å². The number of primary amides is 1. The van der Waals surface area contributed by atoms with Gasteiger partial charge in [0.15, 0.2) is 5.69 Å². The van der Waals surface area contributed by atoms with Crippen LogP contribution in [0, 0.1) is 0 Å². The lowest BCUT2D eigenvalue weighted by atomic mass is 10.0. The third kappa shape index (κ3) is 4.47. The molecule has 1 aromatic carbocycles. The van der Waals surface area contributed by atoms with Gasteiger partial charge in [0.1, 0.15) is 0 Å². The van der Waals surface area contributed by atoms with Crippen LogP contribution in [-0.2, 0) is 16.0 Å². The molecule has 0 radical (unpaired) electrons. The van der Waals surface area contributed by atoms with E-state index in [0.29, 0.717) is 17.7 Å². The van der Waals surface area contributed by atoms with Crippen molar-refractivity contribution in [1.82, 2.24) is 20.5 Å². The number of benzene rings is 1. The minimum Gasteiger partial charge on any atom is -0.363 e. The van der Waals surface area contributed by atoms with E-state index in [2.05, 4.69) is 20.5 Å². The Kier molecular flexibility index (Phi) is 5.91. The Balaban J connectivity index is 1.77. The van der Waals surface area contributed by atoms with Crippen LogP contribution in [0.4, 0.5) is 0 Å². The summed E-state index contributed by atoms with van der Waals surface area (Å²) in [6, 6.07) is 13.7. The van der Waals surface area contributed by atoms with Crippen molar-refractivity contribution in [2.45, 2.75) is 18.9 Å². The molecule has 4 N–H and O–H groups in total. The summed E-state index contributed by atoms with van der Waals surface area (Å²) in [4.78, 5) is 40.5. The number of ketones is 1. The summed E-state index contributed by atoms with van der Waals surface area (Å²) < 4.78 is 0. The Morgan fingerprint density at radius 2 is 1.82 bits per heavy atom. The number of aromatic nitrogens is 3. The van der Waals surface area contributed by atoms with Gasteiger partial charge in [-0.1, -0.05) is 36.4 Å². The highest BCUT2D eigenvalue weighted by atomic mass is 16.2. The van der Waals surface area contributed by atoms with Crippen LogP contribution in [0.5, 0.6) is 0 Å². The summed E-state index contributed by atoms with van der Waals surface area (Å²) in [5.41, 5.74) is 7.26. The number of carbonyl (C=O) groups is 3. The van der Waals surface area contributed by atoms with Crippen molar-refractivity contribution >= 4 is 17.6 Å². The molecule has 3 rings (SSSR count). The topological polar surface area (TPSA) is 131 Å². The zero-order valence-corrected chi connectivity index (χ0v) is 15.0. The highest BCUT2D eigenvalue weighted by molar-refractivity contribution is 6.38. The molecule has 0 saturated heterocycles. The molecule has 3 aromatic rings. The maximum absolute atomic E-state index is 12.7. The molecular weight excluding hydrogens is 358 g/mol. The van der Waals surface area contributed by atoms with E-state index in [-0.39, 0.29) is 12.1 Å². The second-order valence-corrected chi connectivity index (χ2v) is 6.14. The number of nitrogens with zero attached hydrogens (tertiary/aromatic N) is 2. The lowest BCUT2D eigenvalue weighted by molar-refractivity contribution is -0.137. The van der Waals surface area contributed by atoms with E-state index in [9.17, 15) is 14.4 Å². The van der Waals surface area contributed by atoms with Crippen LogP contribution in [0.1, 0.15) is 22.5 Å². The second-order valence-electron chi connectivity index (χ2n) is 6.14. The molecule has 0 aliphatic heterocycles. The first-order valence-corrected chi connectivity index (χ1v) is 8.70. The molecule has 8 heteroatoms. The van der Waals surface area contributed by atoms with Gasteiger partial charge in [-0.2, -0.15) is 5.10 Å². The van der Waals surface area contributed by atoms with Crippen molar-refractivity contribution < 1.29 is 14.4 Å². The SMILES string of the molecule is NC(=O)C(=O)C(CCc1ccccc1)NC(=O)c1n[nH]cc1-c1ccccn1. The summed E-state index contributed by atoms with van der Waals surface area (Å²) >= 11 is 0. The molecule has 2 aromatic heterocycles. The Morgan fingerprint density at radius 3 is 2.50 bits per heavy atom. The molecule has 8 nitrogen and oxygen atoms in total. The van der Waals surface area contributed by atoms with E-state index in [1.165, 1.54) is 0 Å². The molecule has 1 unspecified atom stereocenters. The normalized spacial score (nSPS) is 11.6.